The van der Waals surface area contributed by atoms with Gasteiger partial charge in [0.05, 0.1) is 18.8 Å². The summed E-state index contributed by atoms with van der Waals surface area (Å²) in [7, 11) is 0. The van der Waals surface area contributed by atoms with Crippen LogP contribution >= 0.6 is 0 Å². The molecule has 0 heterocycles. The summed E-state index contributed by atoms with van der Waals surface area (Å²) in [6.07, 6.45) is 9.35. The minimum atomic E-state index is -0.987. The quantitative estimate of drug-likeness (QED) is 0.403. The van der Waals surface area contributed by atoms with E-state index in [2.05, 4.69) is 13.8 Å². The van der Waals surface area contributed by atoms with Crippen molar-refractivity contribution in [2.45, 2.75) is 77.8 Å². The van der Waals surface area contributed by atoms with E-state index in [0.717, 1.165) is 25.2 Å². The van der Waals surface area contributed by atoms with Crippen LogP contribution in [0.5, 0.6) is 0 Å². The van der Waals surface area contributed by atoms with Gasteiger partial charge in [0.15, 0.2) is 6.29 Å². The van der Waals surface area contributed by atoms with Crippen molar-refractivity contribution < 1.29 is 20.1 Å². The lowest BCUT2D eigenvalue weighted by Gasteiger charge is -2.21. The highest BCUT2D eigenvalue weighted by molar-refractivity contribution is 5.27. The fourth-order valence-corrected chi connectivity index (χ4v) is 2.67. The molecule has 4 heteroatoms. The maximum Gasteiger partial charge on any atom is 0.180 e. The highest BCUT2D eigenvalue weighted by Gasteiger charge is 2.18. The van der Waals surface area contributed by atoms with E-state index in [0.29, 0.717) is 18.6 Å². The van der Waals surface area contributed by atoms with Gasteiger partial charge in [-0.1, -0.05) is 64.7 Å². The van der Waals surface area contributed by atoms with Gasteiger partial charge in [0.1, 0.15) is 0 Å². The van der Waals surface area contributed by atoms with E-state index in [-0.39, 0.29) is 12.0 Å². The summed E-state index contributed by atoms with van der Waals surface area (Å²) in [4.78, 5) is 0. The van der Waals surface area contributed by atoms with Crippen molar-refractivity contribution in [1.82, 2.24) is 0 Å². The van der Waals surface area contributed by atoms with Gasteiger partial charge in [-0.15, -0.1) is 0 Å². The van der Waals surface area contributed by atoms with Gasteiger partial charge in [-0.3, -0.25) is 0 Å². The molecule has 0 fully saturated rings. The molecule has 1 aliphatic rings. The molecule has 0 amide bonds. The fourth-order valence-electron chi connectivity index (χ4n) is 2.67. The number of hydrogen-bond donors (Lipinski definition) is 3. The van der Waals surface area contributed by atoms with Crippen molar-refractivity contribution in [1.29, 1.82) is 0 Å². The van der Waals surface area contributed by atoms with E-state index in [1.54, 1.807) is 12.2 Å². The zero-order valence-corrected chi connectivity index (χ0v) is 14.8. The molecule has 4 atom stereocenters. The van der Waals surface area contributed by atoms with Crippen molar-refractivity contribution in [3.05, 3.63) is 23.8 Å². The molecule has 134 valence electrons. The van der Waals surface area contributed by atoms with Gasteiger partial charge >= 0.3 is 0 Å². The molecule has 3 unspecified atom stereocenters. The molecule has 1 rings (SSSR count). The predicted molar refractivity (Wildman–Crippen MR) is 92.9 cm³/mol. The maximum atomic E-state index is 9.98. The predicted octanol–water partition coefficient (Wildman–Crippen LogP) is 3.17. The average Bonchev–Trinajstić information content (AvgIpc) is 2.49. The molecule has 0 aliphatic heterocycles. The van der Waals surface area contributed by atoms with Crippen LogP contribution in [0.25, 0.3) is 0 Å². The van der Waals surface area contributed by atoms with Crippen LogP contribution in [0.2, 0.25) is 0 Å². The van der Waals surface area contributed by atoms with Gasteiger partial charge < -0.3 is 20.1 Å². The van der Waals surface area contributed by atoms with Crippen molar-refractivity contribution in [3.63, 3.8) is 0 Å². The van der Waals surface area contributed by atoms with E-state index in [9.17, 15) is 15.3 Å². The summed E-state index contributed by atoms with van der Waals surface area (Å²) < 4.78 is 5.39. The van der Waals surface area contributed by atoms with Crippen LogP contribution in [0.1, 0.15) is 59.3 Å². The second-order valence-corrected chi connectivity index (χ2v) is 7.07. The number of hydrogen-bond acceptors (Lipinski definition) is 4. The molecular formula is C19H34O4. The molecule has 0 radical (unpaired) electrons. The van der Waals surface area contributed by atoms with Crippen LogP contribution in [0, 0.1) is 11.8 Å². The van der Waals surface area contributed by atoms with Crippen LogP contribution in [-0.2, 0) is 4.74 Å². The molecule has 1 aliphatic carbocycles. The fraction of sp³-hybridized carbons (Fsp3) is 0.789. The van der Waals surface area contributed by atoms with Crippen molar-refractivity contribution in [2.24, 2.45) is 11.8 Å². The lowest BCUT2D eigenvalue weighted by atomic mass is 9.95. The van der Waals surface area contributed by atoms with E-state index in [1.807, 2.05) is 13.0 Å². The van der Waals surface area contributed by atoms with E-state index >= 15 is 0 Å². The maximum absolute atomic E-state index is 9.98. The van der Waals surface area contributed by atoms with Gasteiger partial charge in [-0.2, -0.15) is 0 Å². The first kappa shape index (κ1) is 20.4. The Bertz CT molecular complexity index is 376. The summed E-state index contributed by atoms with van der Waals surface area (Å²) in [5.41, 5.74) is 0.672. The molecule has 0 aromatic heterocycles. The topological polar surface area (TPSA) is 69.9 Å². The third-order valence-electron chi connectivity index (χ3n) is 4.31. The van der Waals surface area contributed by atoms with E-state index < -0.39 is 12.4 Å². The molecule has 0 aromatic carbocycles. The number of aliphatic hydroxyl groups is 3. The Kier molecular flexibility index (Phi) is 9.72. The monoisotopic (exact) mass is 326 g/mol. The van der Waals surface area contributed by atoms with Crippen LogP contribution in [0.4, 0.5) is 0 Å². The van der Waals surface area contributed by atoms with Gasteiger partial charge in [0.25, 0.3) is 0 Å². The summed E-state index contributed by atoms with van der Waals surface area (Å²) >= 11 is 0. The molecule has 0 spiro atoms. The van der Waals surface area contributed by atoms with Gasteiger partial charge in [-0.05, 0) is 18.8 Å². The van der Waals surface area contributed by atoms with Crippen LogP contribution < -0.4 is 0 Å². The molecular weight excluding hydrogens is 292 g/mol. The smallest absolute Gasteiger partial charge is 0.180 e. The van der Waals surface area contributed by atoms with Crippen LogP contribution in [0.3, 0.4) is 0 Å². The molecule has 4 nitrogen and oxygen atoms in total. The Balaban J connectivity index is 2.11. The Hall–Kier alpha value is -0.680. The molecule has 23 heavy (non-hydrogen) atoms. The Morgan fingerprint density at radius 2 is 1.78 bits per heavy atom. The second kappa shape index (κ2) is 11.0. The summed E-state index contributed by atoms with van der Waals surface area (Å²) in [5.74, 6) is 0.728. The number of ether oxygens (including phenoxy) is 1. The first-order valence-corrected chi connectivity index (χ1v) is 8.96. The van der Waals surface area contributed by atoms with Crippen molar-refractivity contribution >= 4 is 0 Å². The lowest BCUT2D eigenvalue weighted by Crippen LogP contribution is -2.23. The largest absolute Gasteiger partial charge is 0.393 e. The van der Waals surface area contributed by atoms with Gasteiger partial charge in [-0.25, -0.2) is 0 Å². The van der Waals surface area contributed by atoms with Gasteiger partial charge in [0, 0.05) is 11.5 Å². The number of rotatable bonds is 11. The zero-order chi connectivity index (χ0) is 17.2. The first-order valence-electron chi connectivity index (χ1n) is 8.96. The standard InChI is InChI=1S/C19H34O4/c1-14(2)7-5-4-6-8-17(20)11-12-23-19(22)16-9-10-18(21)15(3)13-16/h9-10,13-15,17-22H,4-8,11-12H2,1-3H3/t15-,17?,18?,19?/m1/s1. The number of aliphatic hydroxyl groups excluding tert-OH is 3. The van der Waals surface area contributed by atoms with Crippen molar-refractivity contribution in [2.75, 3.05) is 6.61 Å². The zero-order valence-electron chi connectivity index (χ0n) is 14.8. The average molecular weight is 326 g/mol. The van der Waals surface area contributed by atoms with E-state index in [1.165, 1.54) is 12.8 Å². The highest BCUT2D eigenvalue weighted by Crippen LogP contribution is 2.20. The van der Waals surface area contributed by atoms with Crippen LogP contribution in [0.15, 0.2) is 23.8 Å². The Morgan fingerprint density at radius 1 is 1.09 bits per heavy atom. The van der Waals surface area contributed by atoms with Gasteiger partial charge in [0.2, 0.25) is 0 Å². The second-order valence-electron chi connectivity index (χ2n) is 7.07. The molecule has 0 saturated heterocycles. The SMILES string of the molecule is CC(C)CCCCCC(O)CCOC(O)C1=C[C@@H](C)C(O)C=C1. The molecule has 3 N–H and O–H groups in total. The minimum Gasteiger partial charge on any atom is -0.393 e. The minimum absolute atomic E-state index is 0.0234. The normalized spacial score (nSPS) is 23.9. The third-order valence-corrected chi connectivity index (χ3v) is 4.31. The number of unbranched alkanes of at least 4 members (excludes halogenated alkanes) is 2. The first-order chi connectivity index (χ1) is 10.9. The Labute approximate surface area is 140 Å². The molecule has 0 aromatic rings. The lowest BCUT2D eigenvalue weighted by molar-refractivity contribution is -0.0784. The Morgan fingerprint density at radius 3 is 2.43 bits per heavy atom. The highest BCUT2D eigenvalue weighted by atomic mass is 16.6. The summed E-state index contributed by atoms with van der Waals surface area (Å²) in [5, 5.41) is 29.5. The van der Waals surface area contributed by atoms with E-state index in [4.69, 9.17) is 4.74 Å². The van der Waals surface area contributed by atoms with Crippen molar-refractivity contribution in [3.8, 4) is 0 Å². The summed E-state index contributed by atoms with van der Waals surface area (Å²) in [6, 6.07) is 0. The molecule has 0 bridgehead atoms. The summed E-state index contributed by atoms with van der Waals surface area (Å²) in [6.45, 7) is 6.69. The third kappa shape index (κ3) is 8.66. The van der Waals surface area contributed by atoms with Crippen LogP contribution in [-0.4, -0.2) is 40.4 Å². The molecule has 0 saturated carbocycles.